The van der Waals surface area contributed by atoms with Gasteiger partial charge in [-0.15, -0.1) is 17.5 Å². The molecule has 1 aromatic heterocycles. The minimum atomic E-state index is -0.216. The quantitative estimate of drug-likeness (QED) is 0.873. The van der Waals surface area contributed by atoms with E-state index in [-0.39, 0.29) is 23.9 Å². The molecule has 7 heteroatoms. The smallest absolute Gasteiger partial charge is 0.264 e. The maximum atomic E-state index is 11.7. The first-order valence-electron chi connectivity index (χ1n) is 5.54. The molecule has 0 saturated heterocycles. The van der Waals surface area contributed by atoms with Gasteiger partial charge in [0, 0.05) is 12.1 Å². The number of hydrogen-bond acceptors (Lipinski definition) is 5. The molecule has 96 valence electrons. The number of nitrogens with one attached hydrogen (secondary N) is 1. The van der Waals surface area contributed by atoms with Crippen molar-refractivity contribution in [2.24, 2.45) is 5.73 Å². The average molecular weight is 277 g/mol. The van der Waals surface area contributed by atoms with Crippen LogP contribution >= 0.6 is 23.9 Å². The average Bonchev–Trinajstić information content (AvgIpc) is 2.80. The SMILES string of the molecule is Cl.NC1(CNC(=O)c2cnns2)CCCCC1. The van der Waals surface area contributed by atoms with Crippen molar-refractivity contribution >= 4 is 29.8 Å². The van der Waals surface area contributed by atoms with Gasteiger partial charge in [-0.1, -0.05) is 23.8 Å². The monoisotopic (exact) mass is 276 g/mol. The van der Waals surface area contributed by atoms with Crippen LogP contribution in [0.2, 0.25) is 0 Å². The molecule has 1 heterocycles. The van der Waals surface area contributed by atoms with Crippen LogP contribution in [0.15, 0.2) is 6.20 Å². The first-order chi connectivity index (χ1) is 7.70. The number of amides is 1. The van der Waals surface area contributed by atoms with E-state index in [1.807, 2.05) is 0 Å². The van der Waals surface area contributed by atoms with Crippen molar-refractivity contribution in [1.29, 1.82) is 0 Å². The third-order valence-corrected chi connectivity index (χ3v) is 3.70. The molecule has 3 N–H and O–H groups in total. The van der Waals surface area contributed by atoms with Crippen molar-refractivity contribution in [3.05, 3.63) is 11.1 Å². The van der Waals surface area contributed by atoms with Crippen molar-refractivity contribution in [3.8, 4) is 0 Å². The molecule has 1 aromatic rings. The summed E-state index contributed by atoms with van der Waals surface area (Å²) in [4.78, 5) is 12.2. The molecule has 5 nitrogen and oxygen atoms in total. The van der Waals surface area contributed by atoms with Gasteiger partial charge in [0.1, 0.15) is 4.88 Å². The number of rotatable bonds is 3. The lowest BCUT2D eigenvalue weighted by atomic mass is 9.82. The van der Waals surface area contributed by atoms with E-state index in [0.717, 1.165) is 37.2 Å². The highest BCUT2D eigenvalue weighted by atomic mass is 35.5. The molecule has 0 radical (unpaired) electrons. The van der Waals surface area contributed by atoms with Gasteiger partial charge in [0.2, 0.25) is 0 Å². The van der Waals surface area contributed by atoms with Gasteiger partial charge < -0.3 is 11.1 Å². The first kappa shape index (κ1) is 14.3. The minimum absolute atomic E-state index is 0. The van der Waals surface area contributed by atoms with Crippen LogP contribution < -0.4 is 11.1 Å². The fourth-order valence-corrected chi connectivity index (χ4v) is 2.47. The second kappa shape index (κ2) is 6.28. The summed E-state index contributed by atoms with van der Waals surface area (Å²) in [7, 11) is 0. The molecule has 1 fully saturated rings. The Morgan fingerprint density at radius 3 is 2.76 bits per heavy atom. The molecule has 2 rings (SSSR count). The number of carbonyl (C=O) groups is 1. The Bertz CT molecular complexity index is 351. The summed E-state index contributed by atoms with van der Waals surface area (Å²) < 4.78 is 3.65. The summed E-state index contributed by atoms with van der Waals surface area (Å²) in [5.74, 6) is -0.120. The Hall–Kier alpha value is -0.720. The summed E-state index contributed by atoms with van der Waals surface area (Å²) in [6.45, 7) is 0.545. The predicted molar refractivity (Wildman–Crippen MR) is 69.5 cm³/mol. The molecular formula is C10H17ClN4OS. The number of nitrogens with zero attached hydrogens (tertiary/aromatic N) is 2. The second-order valence-corrected chi connectivity index (χ2v) is 5.17. The molecule has 0 aliphatic heterocycles. The van der Waals surface area contributed by atoms with Crippen molar-refractivity contribution in [2.45, 2.75) is 37.6 Å². The first-order valence-corrected chi connectivity index (χ1v) is 6.31. The van der Waals surface area contributed by atoms with Gasteiger partial charge in [-0.3, -0.25) is 4.79 Å². The van der Waals surface area contributed by atoms with Crippen LogP contribution in [0.25, 0.3) is 0 Å². The van der Waals surface area contributed by atoms with E-state index in [0.29, 0.717) is 11.4 Å². The third kappa shape index (κ3) is 3.90. The van der Waals surface area contributed by atoms with E-state index >= 15 is 0 Å². The molecule has 1 amide bonds. The third-order valence-electron chi connectivity index (χ3n) is 3.04. The Balaban J connectivity index is 0.00000144. The van der Waals surface area contributed by atoms with E-state index in [9.17, 15) is 4.79 Å². The summed E-state index contributed by atoms with van der Waals surface area (Å²) in [5, 5.41) is 6.49. The van der Waals surface area contributed by atoms with Gasteiger partial charge in [-0.25, -0.2) is 0 Å². The highest BCUT2D eigenvalue weighted by Gasteiger charge is 2.27. The molecule has 0 aromatic carbocycles. The van der Waals surface area contributed by atoms with Crippen LogP contribution in [0.1, 0.15) is 41.8 Å². The molecule has 1 saturated carbocycles. The fourth-order valence-electron chi connectivity index (χ4n) is 2.04. The highest BCUT2D eigenvalue weighted by Crippen LogP contribution is 2.25. The number of halogens is 1. The maximum Gasteiger partial charge on any atom is 0.264 e. The van der Waals surface area contributed by atoms with Crippen LogP contribution in [0, 0.1) is 0 Å². The lowest BCUT2D eigenvalue weighted by molar-refractivity contribution is 0.0941. The molecule has 17 heavy (non-hydrogen) atoms. The van der Waals surface area contributed by atoms with Crippen molar-refractivity contribution in [1.82, 2.24) is 14.9 Å². The summed E-state index contributed by atoms with van der Waals surface area (Å²) >= 11 is 1.10. The van der Waals surface area contributed by atoms with Gasteiger partial charge in [-0.05, 0) is 24.4 Å². The zero-order valence-corrected chi connectivity index (χ0v) is 11.1. The predicted octanol–water partition coefficient (Wildman–Crippen LogP) is 1.35. The van der Waals surface area contributed by atoms with Crippen LogP contribution in [0.4, 0.5) is 0 Å². The van der Waals surface area contributed by atoms with Gasteiger partial charge in [0.05, 0.1) is 6.20 Å². The van der Waals surface area contributed by atoms with E-state index in [2.05, 4.69) is 14.9 Å². The molecule has 0 spiro atoms. The Labute approximate surface area is 111 Å². The number of nitrogens with two attached hydrogens (primary N) is 1. The lowest BCUT2D eigenvalue weighted by Crippen LogP contribution is -2.51. The Morgan fingerprint density at radius 2 is 2.18 bits per heavy atom. The van der Waals surface area contributed by atoms with Gasteiger partial charge in [-0.2, -0.15) is 0 Å². The zero-order valence-electron chi connectivity index (χ0n) is 9.52. The summed E-state index contributed by atoms with van der Waals surface area (Å²) in [6.07, 6.45) is 7.04. The van der Waals surface area contributed by atoms with E-state index in [4.69, 9.17) is 5.73 Å². The zero-order chi connectivity index (χ0) is 11.4. The molecule has 1 aliphatic carbocycles. The molecular weight excluding hydrogens is 260 g/mol. The van der Waals surface area contributed by atoms with E-state index in [1.165, 1.54) is 12.6 Å². The molecule has 0 bridgehead atoms. The maximum absolute atomic E-state index is 11.7. The topological polar surface area (TPSA) is 80.9 Å². The fraction of sp³-hybridized carbons (Fsp3) is 0.700. The summed E-state index contributed by atoms with van der Waals surface area (Å²) in [5.41, 5.74) is 6.00. The lowest BCUT2D eigenvalue weighted by Gasteiger charge is -2.33. The van der Waals surface area contributed by atoms with Gasteiger partial charge in [0.15, 0.2) is 0 Å². The van der Waals surface area contributed by atoms with Crippen molar-refractivity contribution in [3.63, 3.8) is 0 Å². The van der Waals surface area contributed by atoms with Crippen molar-refractivity contribution < 1.29 is 4.79 Å². The van der Waals surface area contributed by atoms with E-state index < -0.39 is 0 Å². The minimum Gasteiger partial charge on any atom is -0.349 e. The van der Waals surface area contributed by atoms with Crippen molar-refractivity contribution in [2.75, 3.05) is 6.54 Å². The van der Waals surface area contributed by atoms with E-state index in [1.54, 1.807) is 0 Å². The highest BCUT2D eigenvalue weighted by molar-refractivity contribution is 7.07. The standard InChI is InChI=1S/C10H16N4OS.ClH/c11-10(4-2-1-3-5-10)7-12-9(15)8-6-13-14-16-8;/h6H,1-5,7,11H2,(H,12,15);1H. The Kier molecular flexibility index (Phi) is 5.30. The molecule has 1 aliphatic rings. The summed E-state index contributed by atoms with van der Waals surface area (Å²) in [6, 6.07) is 0. The Morgan fingerprint density at radius 1 is 1.47 bits per heavy atom. The number of hydrogen-bond donors (Lipinski definition) is 2. The van der Waals surface area contributed by atoms with Crippen LogP contribution in [-0.2, 0) is 0 Å². The normalized spacial score (nSPS) is 18.2. The second-order valence-electron chi connectivity index (χ2n) is 4.39. The molecule has 0 unspecified atom stereocenters. The van der Waals surface area contributed by atoms with Crippen LogP contribution in [-0.4, -0.2) is 27.6 Å². The number of carbonyl (C=O) groups excluding carboxylic acids is 1. The van der Waals surface area contributed by atoms with Gasteiger partial charge in [0.25, 0.3) is 5.91 Å². The number of aromatic nitrogens is 2. The van der Waals surface area contributed by atoms with Gasteiger partial charge >= 0.3 is 0 Å². The molecule has 0 atom stereocenters. The van der Waals surface area contributed by atoms with Crippen LogP contribution in [0.5, 0.6) is 0 Å². The van der Waals surface area contributed by atoms with Crippen LogP contribution in [0.3, 0.4) is 0 Å². The largest absolute Gasteiger partial charge is 0.349 e.